The maximum absolute atomic E-state index is 11.9. The van der Waals surface area contributed by atoms with Crippen LogP contribution in [-0.2, 0) is 10.5 Å². The highest BCUT2D eigenvalue weighted by Crippen LogP contribution is 2.39. The Morgan fingerprint density at radius 1 is 1.36 bits per heavy atom. The molecular formula is C16H22ClNO3S. The number of thioether (sulfide) groups is 1. The number of hydrogen-bond acceptors (Lipinski definition) is 4. The molecule has 0 aromatic heterocycles. The summed E-state index contributed by atoms with van der Waals surface area (Å²) in [4.78, 5) is 11.9. The molecule has 1 N–H and O–H groups in total. The van der Waals surface area contributed by atoms with Crippen molar-refractivity contribution in [1.82, 2.24) is 5.32 Å². The van der Waals surface area contributed by atoms with Gasteiger partial charge < -0.3 is 14.8 Å². The highest BCUT2D eigenvalue weighted by Gasteiger charge is 2.18. The van der Waals surface area contributed by atoms with Crippen LogP contribution in [0.5, 0.6) is 11.5 Å². The number of halogens is 1. The second kappa shape index (κ2) is 7.47. The number of amides is 1. The van der Waals surface area contributed by atoms with Crippen molar-refractivity contribution in [1.29, 1.82) is 0 Å². The molecule has 22 heavy (non-hydrogen) atoms. The maximum Gasteiger partial charge on any atom is 0.230 e. The lowest BCUT2D eigenvalue weighted by atomic mass is 10.0. The molecule has 1 aliphatic heterocycles. The Balaban J connectivity index is 1.87. The van der Waals surface area contributed by atoms with Gasteiger partial charge in [-0.15, -0.1) is 11.8 Å². The van der Waals surface area contributed by atoms with Crippen molar-refractivity contribution in [2.24, 2.45) is 0 Å². The van der Waals surface area contributed by atoms with Crippen LogP contribution >= 0.6 is 23.4 Å². The van der Waals surface area contributed by atoms with Gasteiger partial charge in [-0.3, -0.25) is 4.79 Å². The second-order valence-electron chi connectivity index (χ2n) is 5.88. The fourth-order valence-corrected chi connectivity index (χ4v) is 3.06. The van der Waals surface area contributed by atoms with Crippen LogP contribution in [0.4, 0.5) is 0 Å². The Morgan fingerprint density at radius 3 is 2.82 bits per heavy atom. The highest BCUT2D eigenvalue weighted by atomic mass is 35.5. The van der Waals surface area contributed by atoms with Crippen molar-refractivity contribution in [2.75, 3.05) is 19.0 Å². The normalized spacial score (nSPS) is 13.8. The van der Waals surface area contributed by atoms with Gasteiger partial charge in [0.05, 0.1) is 10.8 Å². The second-order valence-corrected chi connectivity index (χ2v) is 7.27. The number of nitrogens with one attached hydrogen (secondary N) is 1. The summed E-state index contributed by atoms with van der Waals surface area (Å²) >= 11 is 7.76. The fourth-order valence-electron chi connectivity index (χ4n) is 2.01. The zero-order chi connectivity index (χ0) is 16.2. The van der Waals surface area contributed by atoms with E-state index in [0.717, 1.165) is 12.0 Å². The van der Waals surface area contributed by atoms with Crippen molar-refractivity contribution < 1.29 is 14.3 Å². The van der Waals surface area contributed by atoms with Crippen molar-refractivity contribution in [2.45, 2.75) is 38.5 Å². The standard InChI is InChI=1S/C16H22ClNO3S/c1-4-16(2,3)18-14(19)10-22-9-11-7-12(17)15-13(8-11)20-5-6-21-15/h7-8H,4-6,9-10H2,1-3H3,(H,18,19). The van der Waals surface area contributed by atoms with Crippen molar-refractivity contribution >= 4 is 29.3 Å². The number of rotatable bonds is 6. The van der Waals surface area contributed by atoms with Crippen molar-refractivity contribution in [3.8, 4) is 11.5 Å². The van der Waals surface area contributed by atoms with Crippen LogP contribution in [0.15, 0.2) is 12.1 Å². The lowest BCUT2D eigenvalue weighted by Crippen LogP contribution is -2.43. The molecule has 0 atom stereocenters. The first-order valence-electron chi connectivity index (χ1n) is 7.38. The summed E-state index contributed by atoms with van der Waals surface area (Å²) in [6.45, 7) is 7.17. The molecule has 1 heterocycles. The van der Waals surface area contributed by atoms with Crippen LogP contribution in [0.1, 0.15) is 32.8 Å². The van der Waals surface area contributed by atoms with Crippen LogP contribution in [0.3, 0.4) is 0 Å². The van der Waals surface area contributed by atoms with Gasteiger partial charge >= 0.3 is 0 Å². The number of carbonyl (C=O) groups is 1. The molecule has 6 heteroatoms. The van der Waals surface area contributed by atoms with Crippen LogP contribution in [-0.4, -0.2) is 30.4 Å². The Kier molecular flexibility index (Phi) is 5.87. The minimum absolute atomic E-state index is 0.0560. The zero-order valence-electron chi connectivity index (χ0n) is 13.2. The Morgan fingerprint density at radius 2 is 2.09 bits per heavy atom. The van der Waals surface area contributed by atoms with Gasteiger partial charge in [0.1, 0.15) is 13.2 Å². The molecule has 1 amide bonds. The average Bonchev–Trinajstić information content (AvgIpc) is 2.47. The first-order chi connectivity index (χ1) is 10.4. The van der Waals surface area contributed by atoms with Crippen molar-refractivity contribution in [3.63, 3.8) is 0 Å². The quantitative estimate of drug-likeness (QED) is 0.856. The summed E-state index contributed by atoms with van der Waals surface area (Å²) in [6.07, 6.45) is 0.904. The lowest BCUT2D eigenvalue weighted by Gasteiger charge is -2.24. The highest BCUT2D eigenvalue weighted by molar-refractivity contribution is 7.99. The first-order valence-corrected chi connectivity index (χ1v) is 8.91. The number of carbonyl (C=O) groups excluding carboxylic acids is 1. The zero-order valence-corrected chi connectivity index (χ0v) is 14.8. The number of benzene rings is 1. The molecule has 0 spiro atoms. The van der Waals surface area contributed by atoms with Gasteiger partial charge in [0, 0.05) is 11.3 Å². The first kappa shape index (κ1) is 17.3. The van der Waals surface area contributed by atoms with E-state index in [2.05, 4.69) is 12.2 Å². The van der Waals surface area contributed by atoms with Crippen LogP contribution in [0.25, 0.3) is 0 Å². The minimum atomic E-state index is -0.155. The summed E-state index contributed by atoms with van der Waals surface area (Å²) in [5.74, 6) is 2.49. The third-order valence-corrected chi connectivity index (χ3v) is 4.80. The molecule has 122 valence electrons. The van der Waals surface area contributed by atoms with E-state index in [0.29, 0.717) is 41.2 Å². The topological polar surface area (TPSA) is 47.6 Å². The van der Waals surface area contributed by atoms with Crippen molar-refractivity contribution in [3.05, 3.63) is 22.7 Å². The maximum atomic E-state index is 11.9. The number of ether oxygens (including phenoxy) is 2. The third kappa shape index (κ3) is 4.71. The molecular weight excluding hydrogens is 322 g/mol. The van der Waals surface area contributed by atoms with Crippen LogP contribution < -0.4 is 14.8 Å². The summed E-state index contributed by atoms with van der Waals surface area (Å²) in [7, 11) is 0. The molecule has 0 aliphatic carbocycles. The van der Waals surface area contributed by atoms with E-state index < -0.39 is 0 Å². The molecule has 4 nitrogen and oxygen atoms in total. The molecule has 2 rings (SSSR count). The molecule has 0 unspecified atom stereocenters. The third-order valence-electron chi connectivity index (χ3n) is 3.52. The summed E-state index contributed by atoms with van der Waals surface area (Å²) in [5, 5.41) is 3.58. The SMILES string of the molecule is CCC(C)(C)NC(=O)CSCc1cc(Cl)c2c(c1)OCCO2. The smallest absolute Gasteiger partial charge is 0.230 e. The number of hydrogen-bond donors (Lipinski definition) is 1. The van der Waals surface area contributed by atoms with Gasteiger partial charge in [-0.1, -0.05) is 18.5 Å². The Labute approximate surface area is 140 Å². The monoisotopic (exact) mass is 343 g/mol. The van der Waals surface area contributed by atoms with E-state index in [-0.39, 0.29) is 11.4 Å². The summed E-state index contributed by atoms with van der Waals surface area (Å²) < 4.78 is 11.0. The lowest BCUT2D eigenvalue weighted by molar-refractivity contribution is -0.120. The van der Waals surface area contributed by atoms with E-state index in [4.69, 9.17) is 21.1 Å². The molecule has 1 aliphatic rings. The average molecular weight is 344 g/mol. The predicted octanol–water partition coefficient (Wildman–Crippen LogP) is 3.65. The Hall–Kier alpha value is -1.07. The molecule has 0 bridgehead atoms. The molecule has 1 aromatic carbocycles. The van der Waals surface area contributed by atoms with Gasteiger partial charge in [-0.2, -0.15) is 0 Å². The number of fused-ring (bicyclic) bond motifs is 1. The molecule has 0 fully saturated rings. The Bertz CT molecular complexity index is 548. The molecule has 0 saturated heterocycles. The van der Waals surface area contributed by atoms with E-state index >= 15 is 0 Å². The molecule has 0 saturated carbocycles. The van der Waals surface area contributed by atoms with Gasteiger partial charge in [0.15, 0.2) is 11.5 Å². The van der Waals surface area contributed by atoms with E-state index in [9.17, 15) is 4.79 Å². The predicted molar refractivity (Wildman–Crippen MR) is 91.1 cm³/mol. The molecule has 1 aromatic rings. The molecule has 0 radical (unpaired) electrons. The fraction of sp³-hybridized carbons (Fsp3) is 0.562. The summed E-state index contributed by atoms with van der Waals surface area (Å²) in [5.41, 5.74) is 0.875. The van der Waals surface area contributed by atoms with E-state index in [1.54, 1.807) is 11.8 Å². The van der Waals surface area contributed by atoms with Gasteiger partial charge in [0.25, 0.3) is 0 Å². The van der Waals surface area contributed by atoms with Gasteiger partial charge in [-0.25, -0.2) is 0 Å². The largest absolute Gasteiger partial charge is 0.486 e. The van der Waals surface area contributed by atoms with E-state index in [1.165, 1.54) is 0 Å². The van der Waals surface area contributed by atoms with Gasteiger partial charge in [0.2, 0.25) is 5.91 Å². The van der Waals surface area contributed by atoms with Crippen LogP contribution in [0, 0.1) is 0 Å². The summed E-state index contributed by atoms with van der Waals surface area (Å²) in [6, 6.07) is 3.80. The van der Waals surface area contributed by atoms with E-state index in [1.807, 2.05) is 26.0 Å². The van der Waals surface area contributed by atoms with Gasteiger partial charge in [-0.05, 0) is 38.0 Å². The minimum Gasteiger partial charge on any atom is -0.486 e. The van der Waals surface area contributed by atoms with Crippen LogP contribution in [0.2, 0.25) is 5.02 Å².